The number of benzene rings is 4. The van der Waals surface area contributed by atoms with Crippen molar-refractivity contribution in [1.29, 1.82) is 0 Å². The highest BCUT2D eigenvalue weighted by Gasteiger charge is 2.13. The lowest BCUT2D eigenvalue weighted by Gasteiger charge is -2.14. The second-order valence-corrected chi connectivity index (χ2v) is 12.5. The van der Waals surface area contributed by atoms with Gasteiger partial charge in [0.15, 0.2) is 16.6 Å². The third kappa shape index (κ3) is 8.56. The first-order valence-corrected chi connectivity index (χ1v) is 16.3. The van der Waals surface area contributed by atoms with Gasteiger partial charge in [0.25, 0.3) is 5.91 Å². The first kappa shape index (κ1) is 31.0. The molecular weight excluding hydrogens is 763 g/mol. The zero-order chi connectivity index (χ0) is 30.2. The molecule has 5 rings (SSSR count). The minimum absolute atomic E-state index is 0.326. The van der Waals surface area contributed by atoms with Crippen LogP contribution in [0.15, 0.2) is 99.9 Å². The van der Waals surface area contributed by atoms with E-state index in [-0.39, 0.29) is 5.91 Å². The van der Waals surface area contributed by atoms with Crippen molar-refractivity contribution in [1.82, 2.24) is 10.4 Å². The normalized spacial score (nSPS) is 11.0. The Labute approximate surface area is 280 Å². The molecule has 0 radical (unpaired) electrons. The number of nitrogens with zero attached hydrogens (tertiary/aromatic N) is 2. The number of thiazole rings is 1. The van der Waals surface area contributed by atoms with Gasteiger partial charge in [-0.3, -0.25) is 4.79 Å². The Balaban J connectivity index is 1.19. The van der Waals surface area contributed by atoms with Gasteiger partial charge in [-0.1, -0.05) is 35.9 Å². The number of hydrazone groups is 1. The van der Waals surface area contributed by atoms with Crippen molar-refractivity contribution in [3.63, 3.8) is 0 Å². The molecule has 218 valence electrons. The lowest BCUT2D eigenvalue weighted by Crippen LogP contribution is -2.17. The number of anilines is 2. The first-order valence-electron chi connectivity index (χ1n) is 13.1. The van der Waals surface area contributed by atoms with E-state index in [4.69, 9.17) is 21.1 Å². The van der Waals surface area contributed by atoms with Gasteiger partial charge in [-0.05, 0) is 117 Å². The van der Waals surface area contributed by atoms with E-state index >= 15 is 0 Å². The van der Waals surface area contributed by atoms with Crippen LogP contribution in [0, 0.1) is 3.57 Å². The Kier molecular flexibility index (Phi) is 10.7. The molecule has 0 atom stereocenters. The fourth-order valence-electron chi connectivity index (χ4n) is 3.94. The molecule has 2 N–H and O–H groups in total. The van der Waals surface area contributed by atoms with Crippen LogP contribution in [0.1, 0.15) is 28.4 Å². The maximum Gasteiger partial charge on any atom is 0.271 e. The second kappa shape index (κ2) is 14.8. The summed E-state index contributed by atoms with van der Waals surface area (Å²) >= 11 is 13.3. The first-order chi connectivity index (χ1) is 20.9. The summed E-state index contributed by atoms with van der Waals surface area (Å²) < 4.78 is 13.8. The summed E-state index contributed by atoms with van der Waals surface area (Å²) in [5, 5.41) is 10.8. The number of amides is 1. The van der Waals surface area contributed by atoms with Gasteiger partial charge in [0.1, 0.15) is 6.61 Å². The van der Waals surface area contributed by atoms with Crippen molar-refractivity contribution in [3.8, 4) is 22.8 Å². The molecule has 1 amide bonds. The Bertz CT molecular complexity index is 1730. The predicted octanol–water partition coefficient (Wildman–Crippen LogP) is 9.32. The van der Waals surface area contributed by atoms with Gasteiger partial charge in [0.2, 0.25) is 0 Å². The maximum atomic E-state index is 12.7. The lowest BCUT2D eigenvalue weighted by atomic mass is 10.1. The number of aromatic nitrogens is 1. The van der Waals surface area contributed by atoms with E-state index in [9.17, 15) is 4.79 Å². The molecule has 0 saturated carbocycles. The van der Waals surface area contributed by atoms with E-state index in [1.807, 2.05) is 85.1 Å². The van der Waals surface area contributed by atoms with Crippen LogP contribution in [0.5, 0.6) is 11.5 Å². The number of carbonyl (C=O) groups is 1. The Morgan fingerprint density at radius 1 is 1.05 bits per heavy atom. The van der Waals surface area contributed by atoms with Crippen molar-refractivity contribution in [2.24, 2.45) is 5.10 Å². The van der Waals surface area contributed by atoms with Crippen LogP contribution >= 0.6 is 61.5 Å². The molecule has 43 heavy (non-hydrogen) atoms. The van der Waals surface area contributed by atoms with Crippen LogP contribution in [0.3, 0.4) is 0 Å². The number of rotatable bonds is 11. The minimum atomic E-state index is -0.326. The third-order valence-electron chi connectivity index (χ3n) is 6.05. The molecule has 0 spiro atoms. The van der Waals surface area contributed by atoms with Crippen molar-refractivity contribution >= 4 is 84.4 Å². The van der Waals surface area contributed by atoms with Crippen LogP contribution in [0.2, 0.25) is 5.02 Å². The fraction of sp³-hybridized carbons (Fsp3) is 0.0938. The lowest BCUT2D eigenvalue weighted by molar-refractivity contribution is 0.0955. The zero-order valence-corrected chi connectivity index (χ0v) is 28.1. The topological polar surface area (TPSA) is 84.8 Å². The monoisotopic (exact) mass is 786 g/mol. The van der Waals surface area contributed by atoms with Crippen LogP contribution in [-0.4, -0.2) is 23.7 Å². The molecular formula is C32H25BrClIN4O3S. The van der Waals surface area contributed by atoms with E-state index in [1.165, 1.54) is 14.9 Å². The third-order valence-corrected chi connectivity index (χ3v) is 8.37. The van der Waals surface area contributed by atoms with E-state index in [1.54, 1.807) is 18.3 Å². The minimum Gasteiger partial charge on any atom is -0.490 e. The van der Waals surface area contributed by atoms with Gasteiger partial charge in [0, 0.05) is 30.8 Å². The number of hydrogen-bond donors (Lipinski definition) is 2. The number of nitrogens with one attached hydrogen (secondary N) is 2. The van der Waals surface area contributed by atoms with E-state index in [0.717, 1.165) is 37.7 Å². The van der Waals surface area contributed by atoms with Crippen LogP contribution in [0.4, 0.5) is 10.8 Å². The molecule has 0 fully saturated rings. The largest absolute Gasteiger partial charge is 0.490 e. The highest BCUT2D eigenvalue weighted by atomic mass is 127. The van der Waals surface area contributed by atoms with Crippen LogP contribution in [-0.2, 0) is 6.61 Å². The summed E-state index contributed by atoms with van der Waals surface area (Å²) in [4.78, 5) is 17.4. The fourth-order valence-corrected chi connectivity index (χ4v) is 5.74. The molecule has 4 aromatic carbocycles. The van der Waals surface area contributed by atoms with Gasteiger partial charge in [-0.15, -0.1) is 11.3 Å². The standard InChI is InChI=1S/C32H25BrClIN4O3S/c1-2-41-29-16-21(15-27(33)30(29)42-18-20-3-11-25(35)12-4-20)17-36-39-31(40)23-7-5-22(6-8-23)28-19-43-32(38-28)37-26-13-9-24(34)10-14-26/h3-17,19H,2,18H2,1H3,(H,37,38)(H,39,40)/b36-17-. The summed E-state index contributed by atoms with van der Waals surface area (Å²) in [6.45, 7) is 2.79. The molecule has 0 saturated heterocycles. The molecule has 0 aliphatic carbocycles. The number of hydrogen-bond acceptors (Lipinski definition) is 7. The Hall–Kier alpha value is -3.45. The number of carbonyl (C=O) groups excluding carboxylic acids is 1. The second-order valence-electron chi connectivity index (χ2n) is 9.12. The van der Waals surface area contributed by atoms with Gasteiger partial charge >= 0.3 is 0 Å². The quantitative estimate of drug-likeness (QED) is 0.0793. The molecule has 0 aliphatic rings. The number of halogens is 3. The molecule has 0 unspecified atom stereocenters. The average Bonchev–Trinajstić information content (AvgIpc) is 3.47. The van der Waals surface area contributed by atoms with Gasteiger partial charge in [0.05, 0.1) is 23.0 Å². The smallest absolute Gasteiger partial charge is 0.271 e. The van der Waals surface area contributed by atoms with Crippen molar-refractivity contribution in [3.05, 3.63) is 120 Å². The molecule has 0 aliphatic heterocycles. The predicted molar refractivity (Wildman–Crippen MR) is 186 cm³/mol. The van der Waals surface area contributed by atoms with Crippen LogP contribution < -0.4 is 20.2 Å². The molecule has 11 heteroatoms. The molecule has 0 bridgehead atoms. The molecule has 7 nitrogen and oxygen atoms in total. The highest BCUT2D eigenvalue weighted by molar-refractivity contribution is 14.1. The van der Waals surface area contributed by atoms with E-state index in [2.05, 4.69) is 59.3 Å². The Morgan fingerprint density at radius 2 is 1.79 bits per heavy atom. The van der Waals surface area contributed by atoms with Crippen molar-refractivity contribution in [2.45, 2.75) is 13.5 Å². The van der Waals surface area contributed by atoms with Crippen molar-refractivity contribution in [2.75, 3.05) is 11.9 Å². The Morgan fingerprint density at radius 3 is 2.51 bits per heavy atom. The van der Waals surface area contributed by atoms with E-state index in [0.29, 0.717) is 35.3 Å². The summed E-state index contributed by atoms with van der Waals surface area (Å²) in [5.41, 5.74) is 7.47. The summed E-state index contributed by atoms with van der Waals surface area (Å²) in [5.74, 6) is 0.863. The zero-order valence-electron chi connectivity index (χ0n) is 22.8. The van der Waals surface area contributed by atoms with Gasteiger partial charge < -0.3 is 14.8 Å². The SMILES string of the molecule is CCOc1cc(/C=N\NC(=O)c2ccc(-c3csc(Nc4ccc(Cl)cc4)n3)cc2)cc(Br)c1OCc1ccc(I)cc1. The van der Waals surface area contributed by atoms with Crippen LogP contribution in [0.25, 0.3) is 11.3 Å². The van der Waals surface area contributed by atoms with Gasteiger partial charge in [-0.25, -0.2) is 10.4 Å². The van der Waals surface area contributed by atoms with Gasteiger partial charge in [-0.2, -0.15) is 5.10 Å². The summed E-state index contributed by atoms with van der Waals surface area (Å²) in [6.07, 6.45) is 1.56. The molecule has 5 aromatic rings. The summed E-state index contributed by atoms with van der Waals surface area (Å²) in [6, 6.07) is 26.5. The highest BCUT2D eigenvalue weighted by Crippen LogP contribution is 2.37. The van der Waals surface area contributed by atoms with E-state index < -0.39 is 0 Å². The molecule has 1 heterocycles. The molecule has 1 aromatic heterocycles. The van der Waals surface area contributed by atoms with Crippen molar-refractivity contribution < 1.29 is 14.3 Å². The maximum absolute atomic E-state index is 12.7. The number of ether oxygens (including phenoxy) is 2. The average molecular weight is 788 g/mol. The summed E-state index contributed by atoms with van der Waals surface area (Å²) in [7, 11) is 0.